The molecule has 0 aromatic heterocycles. The maximum Gasteiger partial charge on any atom is 0.236 e. The van der Waals surface area contributed by atoms with Gasteiger partial charge in [0.15, 0.2) is 0 Å². The molecule has 1 aromatic carbocycles. The molecule has 2 aliphatic rings. The van der Waals surface area contributed by atoms with Crippen molar-refractivity contribution >= 4 is 5.91 Å². The number of hydrogen-bond donors (Lipinski definition) is 0. The van der Waals surface area contributed by atoms with Crippen LogP contribution in [-0.4, -0.2) is 79.6 Å². The Morgan fingerprint density at radius 1 is 0.926 bits per heavy atom. The molecule has 0 saturated carbocycles. The second kappa shape index (κ2) is 10.3. The Bertz CT molecular complexity index is 625. The van der Waals surface area contributed by atoms with Crippen molar-refractivity contribution in [1.82, 2.24) is 14.7 Å². The lowest BCUT2D eigenvalue weighted by atomic mass is 10.2. The van der Waals surface area contributed by atoms with Gasteiger partial charge in [-0.3, -0.25) is 14.6 Å². The van der Waals surface area contributed by atoms with Crippen LogP contribution in [0, 0.1) is 11.3 Å². The minimum absolute atomic E-state index is 0.300. The standard InChI is InChI=1S/C21H30N4O2/c22-17-19-5-7-20(8-6-19)27-16-15-23-11-13-24(14-12-23)18-21(26)25-9-3-1-2-4-10-25/h5-8H,1-4,9-16,18H2. The third kappa shape index (κ3) is 6.23. The lowest BCUT2D eigenvalue weighted by Crippen LogP contribution is -2.50. The van der Waals surface area contributed by atoms with Gasteiger partial charge < -0.3 is 9.64 Å². The highest BCUT2D eigenvalue weighted by molar-refractivity contribution is 5.78. The molecule has 2 aliphatic heterocycles. The number of rotatable bonds is 6. The maximum absolute atomic E-state index is 12.5. The number of carbonyl (C=O) groups excluding carboxylic acids is 1. The topological polar surface area (TPSA) is 59.8 Å². The largest absolute Gasteiger partial charge is 0.492 e. The Morgan fingerprint density at radius 2 is 1.56 bits per heavy atom. The van der Waals surface area contributed by atoms with Crippen LogP contribution in [0.2, 0.25) is 0 Å². The smallest absolute Gasteiger partial charge is 0.236 e. The number of hydrogen-bond acceptors (Lipinski definition) is 5. The molecule has 1 aromatic rings. The van der Waals surface area contributed by atoms with Crippen molar-refractivity contribution in [2.75, 3.05) is 59.0 Å². The Hall–Kier alpha value is -2.10. The quantitative estimate of drug-likeness (QED) is 0.766. The van der Waals surface area contributed by atoms with Crippen LogP contribution in [0.5, 0.6) is 5.75 Å². The number of nitriles is 1. The second-order valence-corrected chi connectivity index (χ2v) is 7.40. The van der Waals surface area contributed by atoms with Crippen molar-refractivity contribution in [3.8, 4) is 11.8 Å². The van der Waals surface area contributed by atoms with Gasteiger partial charge in [0, 0.05) is 45.8 Å². The number of nitrogens with zero attached hydrogens (tertiary/aromatic N) is 4. The van der Waals surface area contributed by atoms with Gasteiger partial charge in [-0.25, -0.2) is 0 Å². The first-order valence-electron chi connectivity index (χ1n) is 10.1. The molecule has 146 valence electrons. The summed E-state index contributed by atoms with van der Waals surface area (Å²) in [5.74, 6) is 1.10. The molecule has 0 spiro atoms. The van der Waals surface area contributed by atoms with Crippen molar-refractivity contribution in [2.45, 2.75) is 25.7 Å². The zero-order valence-electron chi connectivity index (χ0n) is 16.1. The van der Waals surface area contributed by atoms with E-state index in [1.807, 2.05) is 12.1 Å². The predicted molar refractivity (Wildman–Crippen MR) is 105 cm³/mol. The minimum atomic E-state index is 0.300. The van der Waals surface area contributed by atoms with Crippen molar-refractivity contribution < 1.29 is 9.53 Å². The summed E-state index contributed by atoms with van der Waals surface area (Å²) in [6.45, 7) is 7.79. The van der Waals surface area contributed by atoms with Crippen molar-refractivity contribution in [3.05, 3.63) is 29.8 Å². The van der Waals surface area contributed by atoms with E-state index in [0.717, 1.165) is 64.4 Å². The van der Waals surface area contributed by atoms with Gasteiger partial charge in [0.25, 0.3) is 0 Å². The van der Waals surface area contributed by atoms with E-state index < -0.39 is 0 Å². The molecule has 27 heavy (non-hydrogen) atoms. The molecular weight excluding hydrogens is 340 g/mol. The fraction of sp³-hybridized carbons (Fsp3) is 0.619. The third-order valence-corrected chi connectivity index (χ3v) is 5.44. The molecule has 2 saturated heterocycles. The van der Waals surface area contributed by atoms with Gasteiger partial charge in [-0.05, 0) is 37.1 Å². The minimum Gasteiger partial charge on any atom is -0.492 e. The number of likely N-dealkylation sites (tertiary alicyclic amines) is 1. The highest BCUT2D eigenvalue weighted by Gasteiger charge is 2.22. The molecule has 0 bridgehead atoms. The molecular formula is C21H30N4O2. The van der Waals surface area contributed by atoms with Crippen LogP contribution in [0.1, 0.15) is 31.2 Å². The first kappa shape index (κ1) is 19.7. The van der Waals surface area contributed by atoms with Gasteiger partial charge in [0.2, 0.25) is 5.91 Å². The van der Waals surface area contributed by atoms with Crippen LogP contribution in [0.25, 0.3) is 0 Å². The van der Waals surface area contributed by atoms with Gasteiger partial charge in [0.1, 0.15) is 12.4 Å². The summed E-state index contributed by atoms with van der Waals surface area (Å²) >= 11 is 0. The van der Waals surface area contributed by atoms with Crippen LogP contribution in [0.3, 0.4) is 0 Å². The van der Waals surface area contributed by atoms with Gasteiger partial charge in [-0.2, -0.15) is 5.26 Å². The highest BCUT2D eigenvalue weighted by Crippen LogP contribution is 2.12. The number of carbonyl (C=O) groups is 1. The van der Waals surface area contributed by atoms with Gasteiger partial charge in [0.05, 0.1) is 18.2 Å². The summed E-state index contributed by atoms with van der Waals surface area (Å²) in [4.78, 5) is 19.2. The van der Waals surface area contributed by atoms with E-state index in [4.69, 9.17) is 10.00 Å². The fourth-order valence-electron chi connectivity index (χ4n) is 3.70. The van der Waals surface area contributed by atoms with Crippen LogP contribution in [0.15, 0.2) is 24.3 Å². The number of amides is 1. The van der Waals surface area contributed by atoms with Gasteiger partial charge in [-0.1, -0.05) is 12.8 Å². The van der Waals surface area contributed by atoms with Gasteiger partial charge in [-0.15, -0.1) is 0 Å². The van der Waals surface area contributed by atoms with Crippen LogP contribution in [-0.2, 0) is 4.79 Å². The highest BCUT2D eigenvalue weighted by atomic mass is 16.5. The number of piperazine rings is 1. The first-order valence-corrected chi connectivity index (χ1v) is 10.1. The predicted octanol–water partition coefficient (Wildman–Crippen LogP) is 1.96. The van der Waals surface area contributed by atoms with E-state index in [2.05, 4.69) is 20.8 Å². The van der Waals surface area contributed by atoms with E-state index in [9.17, 15) is 4.79 Å². The number of ether oxygens (including phenoxy) is 1. The van der Waals surface area contributed by atoms with Crippen molar-refractivity contribution in [3.63, 3.8) is 0 Å². The van der Waals surface area contributed by atoms with E-state index in [1.165, 1.54) is 12.8 Å². The molecule has 6 heteroatoms. The lowest BCUT2D eigenvalue weighted by molar-refractivity contribution is -0.132. The zero-order chi connectivity index (χ0) is 18.9. The molecule has 2 heterocycles. The molecule has 2 fully saturated rings. The Labute approximate surface area is 162 Å². The normalized spacial score (nSPS) is 19.3. The average Bonchev–Trinajstić information content (AvgIpc) is 2.99. The summed E-state index contributed by atoms with van der Waals surface area (Å²) in [5, 5.41) is 8.81. The monoisotopic (exact) mass is 370 g/mol. The Kier molecular flexibility index (Phi) is 7.49. The summed E-state index contributed by atoms with van der Waals surface area (Å²) < 4.78 is 5.77. The number of benzene rings is 1. The molecule has 0 atom stereocenters. The molecule has 0 radical (unpaired) electrons. The van der Waals surface area contributed by atoms with Crippen molar-refractivity contribution in [1.29, 1.82) is 5.26 Å². The SMILES string of the molecule is N#Cc1ccc(OCCN2CCN(CC(=O)N3CCCCCC3)CC2)cc1. The summed E-state index contributed by atoms with van der Waals surface area (Å²) in [5.41, 5.74) is 0.646. The third-order valence-electron chi connectivity index (χ3n) is 5.44. The Balaban J connectivity index is 1.32. The zero-order valence-corrected chi connectivity index (χ0v) is 16.1. The second-order valence-electron chi connectivity index (χ2n) is 7.40. The van der Waals surface area contributed by atoms with Gasteiger partial charge >= 0.3 is 0 Å². The fourth-order valence-corrected chi connectivity index (χ4v) is 3.70. The summed E-state index contributed by atoms with van der Waals surface area (Å²) in [6.07, 6.45) is 4.82. The van der Waals surface area contributed by atoms with Crippen LogP contribution >= 0.6 is 0 Å². The van der Waals surface area contributed by atoms with E-state index in [-0.39, 0.29) is 0 Å². The van der Waals surface area contributed by atoms with E-state index >= 15 is 0 Å². The van der Waals surface area contributed by atoms with E-state index in [1.54, 1.807) is 12.1 Å². The van der Waals surface area contributed by atoms with E-state index in [0.29, 0.717) is 24.6 Å². The average molecular weight is 370 g/mol. The Morgan fingerprint density at radius 3 is 2.19 bits per heavy atom. The first-order chi connectivity index (χ1) is 13.2. The summed E-state index contributed by atoms with van der Waals surface area (Å²) in [7, 11) is 0. The van der Waals surface area contributed by atoms with Crippen molar-refractivity contribution in [2.24, 2.45) is 0 Å². The maximum atomic E-state index is 12.5. The lowest BCUT2D eigenvalue weighted by Gasteiger charge is -2.35. The van der Waals surface area contributed by atoms with Crippen LogP contribution in [0.4, 0.5) is 0 Å². The summed E-state index contributed by atoms with van der Waals surface area (Å²) in [6, 6.07) is 9.33. The molecule has 0 N–H and O–H groups in total. The molecule has 0 aliphatic carbocycles. The molecule has 0 unspecified atom stereocenters. The molecule has 1 amide bonds. The molecule has 6 nitrogen and oxygen atoms in total. The molecule has 3 rings (SSSR count). The van der Waals surface area contributed by atoms with Crippen LogP contribution < -0.4 is 4.74 Å².